The number of amides is 1. The Kier molecular flexibility index (Phi) is 10.7. The third-order valence-corrected chi connectivity index (χ3v) is 8.46. The summed E-state index contributed by atoms with van der Waals surface area (Å²) in [4.78, 5) is 19.4. The standard InChI is InChI=1S/C33H39F6N3O2/c1-22(2)30-21-44-14-13-41(30)10-6-5-9-40-11-12-42(29(20-40)16-25-8-7-23(3)24(4)15-25)31(43)26-17-27(32(34,35)36)19-28(18-26)33(37,38)39/h7-8,15,17-19,22,29-30H,9-14,16,20-21H2,1-4H3/t29-,30-/m1/s1. The average Bonchev–Trinajstić information content (AvgIpc) is 2.96. The molecule has 0 spiro atoms. The topological polar surface area (TPSA) is 36.0 Å². The summed E-state index contributed by atoms with van der Waals surface area (Å²) in [6.45, 7) is 12.3. The van der Waals surface area contributed by atoms with Gasteiger partial charge < -0.3 is 9.64 Å². The van der Waals surface area contributed by atoms with Gasteiger partial charge in [-0.2, -0.15) is 26.3 Å². The van der Waals surface area contributed by atoms with Crippen LogP contribution in [0.3, 0.4) is 0 Å². The Labute approximate surface area is 255 Å². The Morgan fingerprint density at radius 3 is 2.18 bits per heavy atom. The smallest absolute Gasteiger partial charge is 0.378 e. The Balaban J connectivity index is 1.55. The van der Waals surface area contributed by atoms with Gasteiger partial charge in [0, 0.05) is 43.8 Å². The van der Waals surface area contributed by atoms with E-state index in [4.69, 9.17) is 4.74 Å². The first-order chi connectivity index (χ1) is 20.6. The summed E-state index contributed by atoms with van der Waals surface area (Å²) in [6.07, 6.45) is -9.68. The van der Waals surface area contributed by atoms with E-state index in [1.165, 1.54) is 4.90 Å². The molecule has 4 rings (SSSR count). The van der Waals surface area contributed by atoms with Crippen molar-refractivity contribution in [2.24, 2.45) is 5.92 Å². The molecular weight excluding hydrogens is 584 g/mol. The molecule has 2 aromatic carbocycles. The van der Waals surface area contributed by atoms with Crippen molar-refractivity contribution >= 4 is 5.91 Å². The van der Waals surface area contributed by atoms with Crippen LogP contribution in [0.5, 0.6) is 0 Å². The molecule has 2 aliphatic heterocycles. The average molecular weight is 624 g/mol. The molecule has 44 heavy (non-hydrogen) atoms. The quantitative estimate of drug-likeness (QED) is 0.289. The van der Waals surface area contributed by atoms with Gasteiger partial charge in [0.15, 0.2) is 0 Å². The van der Waals surface area contributed by atoms with Crippen LogP contribution in [-0.2, 0) is 23.5 Å². The highest BCUT2D eigenvalue weighted by atomic mass is 19.4. The molecule has 2 aliphatic rings. The molecule has 0 unspecified atom stereocenters. The predicted molar refractivity (Wildman–Crippen MR) is 156 cm³/mol. The van der Waals surface area contributed by atoms with Crippen LogP contribution < -0.4 is 0 Å². The van der Waals surface area contributed by atoms with Crippen molar-refractivity contribution in [2.45, 2.75) is 58.6 Å². The fraction of sp³-hybridized carbons (Fsp3) is 0.545. The lowest BCUT2D eigenvalue weighted by Crippen LogP contribution is -2.56. The molecule has 2 fully saturated rings. The lowest BCUT2D eigenvalue weighted by atomic mass is 9.97. The van der Waals surface area contributed by atoms with Crippen molar-refractivity contribution in [3.8, 4) is 11.8 Å². The summed E-state index contributed by atoms with van der Waals surface area (Å²) in [5, 5.41) is 0. The van der Waals surface area contributed by atoms with E-state index < -0.39 is 41.0 Å². The van der Waals surface area contributed by atoms with Crippen LogP contribution in [-0.4, -0.2) is 85.2 Å². The second-order valence-corrected chi connectivity index (χ2v) is 12.0. The lowest BCUT2D eigenvalue weighted by molar-refractivity contribution is -0.143. The van der Waals surface area contributed by atoms with Gasteiger partial charge in [-0.1, -0.05) is 43.9 Å². The molecule has 0 aliphatic carbocycles. The van der Waals surface area contributed by atoms with Crippen LogP contribution in [0.1, 0.15) is 52.0 Å². The highest BCUT2D eigenvalue weighted by molar-refractivity contribution is 5.95. The van der Waals surface area contributed by atoms with Crippen molar-refractivity contribution in [3.63, 3.8) is 0 Å². The monoisotopic (exact) mass is 623 g/mol. The Hall–Kier alpha value is -3.07. The summed E-state index contributed by atoms with van der Waals surface area (Å²) >= 11 is 0. The first-order valence-electron chi connectivity index (χ1n) is 14.8. The maximum atomic E-state index is 13.6. The number of carbonyl (C=O) groups is 1. The fourth-order valence-corrected chi connectivity index (χ4v) is 5.74. The number of hydrogen-bond donors (Lipinski definition) is 0. The maximum absolute atomic E-state index is 13.6. The zero-order valence-electron chi connectivity index (χ0n) is 25.5. The van der Waals surface area contributed by atoms with E-state index in [2.05, 4.69) is 35.5 Å². The molecule has 1 amide bonds. The van der Waals surface area contributed by atoms with E-state index in [1.54, 1.807) is 0 Å². The van der Waals surface area contributed by atoms with Crippen molar-refractivity contribution < 1.29 is 35.9 Å². The normalized spacial score (nSPS) is 20.5. The van der Waals surface area contributed by atoms with Crippen LogP contribution in [0, 0.1) is 31.6 Å². The molecular formula is C33H39F6N3O2. The second-order valence-electron chi connectivity index (χ2n) is 12.0. The number of piperazine rings is 1. The molecule has 240 valence electrons. The zero-order valence-corrected chi connectivity index (χ0v) is 25.5. The maximum Gasteiger partial charge on any atom is 0.416 e. The minimum absolute atomic E-state index is 0.0419. The highest BCUT2D eigenvalue weighted by Crippen LogP contribution is 2.37. The van der Waals surface area contributed by atoms with Gasteiger partial charge in [-0.3, -0.25) is 14.6 Å². The van der Waals surface area contributed by atoms with E-state index in [1.807, 2.05) is 32.0 Å². The SMILES string of the molecule is Cc1ccc(C[C@@H]2CN(CC#CCN3CCOC[C@@H]3C(C)C)CCN2C(=O)c2cc(C(F)(F)F)cc(C(F)(F)F)c2)cc1C. The number of carbonyl (C=O) groups excluding carboxylic acids is 1. The lowest BCUT2D eigenvalue weighted by Gasteiger charge is -2.41. The van der Waals surface area contributed by atoms with E-state index in [-0.39, 0.29) is 12.6 Å². The summed E-state index contributed by atoms with van der Waals surface area (Å²) < 4.78 is 86.8. The van der Waals surface area contributed by atoms with E-state index in [0.29, 0.717) is 69.9 Å². The Bertz CT molecular complexity index is 1350. The Morgan fingerprint density at radius 2 is 1.57 bits per heavy atom. The van der Waals surface area contributed by atoms with Crippen LogP contribution in [0.25, 0.3) is 0 Å². The number of ether oxygens (including phenoxy) is 1. The van der Waals surface area contributed by atoms with E-state index in [0.717, 1.165) is 23.2 Å². The van der Waals surface area contributed by atoms with Crippen LogP contribution in [0.4, 0.5) is 26.3 Å². The molecule has 0 bridgehead atoms. The number of benzene rings is 2. The van der Waals surface area contributed by atoms with Gasteiger partial charge in [0.2, 0.25) is 0 Å². The number of halogens is 6. The van der Waals surface area contributed by atoms with Crippen LogP contribution >= 0.6 is 0 Å². The molecule has 11 heteroatoms. The van der Waals surface area contributed by atoms with Gasteiger partial charge in [0.05, 0.1) is 37.4 Å². The summed E-state index contributed by atoms with van der Waals surface area (Å²) in [6, 6.07) is 6.77. The molecule has 0 N–H and O–H groups in total. The van der Waals surface area contributed by atoms with Crippen LogP contribution in [0.15, 0.2) is 36.4 Å². The molecule has 0 aromatic heterocycles. The minimum atomic E-state index is -5.04. The number of nitrogens with zero attached hydrogens (tertiary/aromatic N) is 3. The number of morpholine rings is 1. The number of hydrogen-bond acceptors (Lipinski definition) is 4. The second kappa shape index (κ2) is 13.9. The zero-order chi connectivity index (χ0) is 32.2. The van der Waals surface area contributed by atoms with Crippen molar-refractivity contribution in [3.05, 3.63) is 69.8 Å². The fourth-order valence-electron chi connectivity index (χ4n) is 5.74. The molecule has 0 radical (unpaired) electrons. The van der Waals surface area contributed by atoms with E-state index in [9.17, 15) is 31.1 Å². The summed E-state index contributed by atoms with van der Waals surface area (Å²) in [5.41, 5.74) is -0.572. The van der Waals surface area contributed by atoms with Crippen molar-refractivity contribution in [1.82, 2.24) is 14.7 Å². The number of rotatable bonds is 6. The molecule has 5 nitrogen and oxygen atoms in total. The highest BCUT2D eigenvalue weighted by Gasteiger charge is 2.39. The number of alkyl halides is 6. The summed E-state index contributed by atoms with van der Waals surface area (Å²) in [5.74, 6) is 6.05. The van der Waals surface area contributed by atoms with Gasteiger partial charge >= 0.3 is 12.4 Å². The molecule has 2 atom stereocenters. The molecule has 2 saturated heterocycles. The largest absolute Gasteiger partial charge is 0.416 e. The van der Waals surface area contributed by atoms with Gasteiger partial charge in [0.25, 0.3) is 5.91 Å². The first-order valence-corrected chi connectivity index (χ1v) is 14.8. The molecule has 0 saturated carbocycles. The van der Waals surface area contributed by atoms with Gasteiger partial charge in [-0.05, 0) is 61.1 Å². The molecule has 2 aromatic rings. The van der Waals surface area contributed by atoms with Crippen molar-refractivity contribution in [1.29, 1.82) is 0 Å². The Morgan fingerprint density at radius 1 is 0.909 bits per heavy atom. The summed E-state index contributed by atoms with van der Waals surface area (Å²) in [7, 11) is 0. The predicted octanol–water partition coefficient (Wildman–Crippen LogP) is 6.07. The van der Waals surface area contributed by atoms with Gasteiger partial charge in [-0.15, -0.1) is 0 Å². The molecule has 2 heterocycles. The number of aryl methyl sites for hydroxylation is 2. The third-order valence-electron chi connectivity index (χ3n) is 8.46. The third kappa shape index (κ3) is 8.55. The van der Waals surface area contributed by atoms with Gasteiger partial charge in [0.1, 0.15) is 0 Å². The minimum Gasteiger partial charge on any atom is -0.378 e. The van der Waals surface area contributed by atoms with E-state index >= 15 is 0 Å². The van der Waals surface area contributed by atoms with Crippen LogP contribution in [0.2, 0.25) is 0 Å². The first kappa shape index (κ1) is 33.8. The van der Waals surface area contributed by atoms with Crippen molar-refractivity contribution in [2.75, 3.05) is 52.5 Å². The van der Waals surface area contributed by atoms with Gasteiger partial charge in [-0.25, -0.2) is 0 Å².